The zero-order valence-electron chi connectivity index (χ0n) is 54.8. The van der Waals surface area contributed by atoms with Gasteiger partial charge >= 0.3 is 11.9 Å². The van der Waals surface area contributed by atoms with Crippen molar-refractivity contribution in [1.29, 1.82) is 0 Å². The van der Waals surface area contributed by atoms with E-state index in [1.54, 1.807) is 0 Å². The summed E-state index contributed by atoms with van der Waals surface area (Å²) in [5, 5.41) is 11.8. The number of unbranched alkanes of at least 4 members (excludes halogenated alkanes) is 35. The first-order chi connectivity index (χ1) is 40.6. The van der Waals surface area contributed by atoms with Crippen molar-refractivity contribution in [2.75, 3.05) is 47.5 Å². The number of rotatable bonds is 64. The fourth-order valence-corrected chi connectivity index (χ4v) is 9.83. The molecule has 9 nitrogen and oxygen atoms in total. The summed E-state index contributed by atoms with van der Waals surface area (Å²) >= 11 is 0. The van der Waals surface area contributed by atoms with Crippen LogP contribution < -0.4 is 5.11 Å². The number of likely N-dealkylation sites (N-methyl/N-ethyl adjacent to an activating group) is 1. The third-order valence-electron chi connectivity index (χ3n) is 15.1. The number of hydrogen-bond acceptors (Lipinski definition) is 8. The molecule has 480 valence electrons. The second-order valence-electron chi connectivity index (χ2n) is 24.4. The maximum Gasteiger partial charge on any atom is 0.306 e. The summed E-state index contributed by atoms with van der Waals surface area (Å²) in [6.07, 6.45) is 83.7. The van der Waals surface area contributed by atoms with Crippen molar-refractivity contribution < 1.29 is 42.9 Å². The SMILES string of the molecule is CC/C=C\C/C=C\C/C=C\C/C=C\CCCCCCCCCCCCCCCCCCCCCCC(=O)OC(COC(=O)CCCCCCCCCCCC/C=C\C/C=C\C/C=C\CCCCCCC)COC(OCC[N+](C)(C)C)C(=O)[O-]. The fourth-order valence-electron chi connectivity index (χ4n) is 9.83. The van der Waals surface area contributed by atoms with Crippen LogP contribution in [-0.2, 0) is 33.3 Å². The van der Waals surface area contributed by atoms with Crippen LogP contribution in [0.2, 0.25) is 0 Å². The van der Waals surface area contributed by atoms with Crippen LogP contribution in [0.1, 0.15) is 309 Å². The minimum Gasteiger partial charge on any atom is -0.545 e. The van der Waals surface area contributed by atoms with E-state index in [9.17, 15) is 19.5 Å². The van der Waals surface area contributed by atoms with Gasteiger partial charge in [0, 0.05) is 12.8 Å². The summed E-state index contributed by atoms with van der Waals surface area (Å²) in [4.78, 5) is 37.5. The van der Waals surface area contributed by atoms with Crippen LogP contribution in [-0.4, -0.2) is 82.3 Å². The fraction of sp³-hybridized carbons (Fsp3) is 0.770. The van der Waals surface area contributed by atoms with Crippen LogP contribution in [0.5, 0.6) is 0 Å². The summed E-state index contributed by atoms with van der Waals surface area (Å²) in [5.41, 5.74) is 0. The quantitative estimate of drug-likeness (QED) is 0.0195. The molecule has 0 bridgehead atoms. The summed E-state index contributed by atoms with van der Waals surface area (Å²) in [6.45, 7) is 4.65. The number of hydrogen-bond donors (Lipinski definition) is 0. The van der Waals surface area contributed by atoms with Gasteiger partial charge in [-0.1, -0.05) is 292 Å². The van der Waals surface area contributed by atoms with Crippen molar-refractivity contribution in [3.63, 3.8) is 0 Å². The third-order valence-corrected chi connectivity index (χ3v) is 15.1. The van der Waals surface area contributed by atoms with E-state index < -0.39 is 24.3 Å². The average Bonchev–Trinajstić information content (AvgIpc) is 3.46. The number of quaternary nitrogens is 1. The van der Waals surface area contributed by atoms with Crippen LogP contribution in [0.25, 0.3) is 0 Å². The van der Waals surface area contributed by atoms with Gasteiger partial charge in [-0.2, -0.15) is 0 Å². The van der Waals surface area contributed by atoms with Crippen LogP contribution in [0.4, 0.5) is 0 Å². The number of carbonyl (C=O) groups is 3. The molecule has 2 unspecified atom stereocenters. The molecule has 0 aromatic heterocycles. The minimum absolute atomic E-state index is 0.146. The van der Waals surface area contributed by atoms with E-state index in [-0.39, 0.29) is 38.6 Å². The number of carbonyl (C=O) groups excluding carboxylic acids is 3. The van der Waals surface area contributed by atoms with Crippen LogP contribution in [0, 0.1) is 0 Å². The van der Waals surface area contributed by atoms with Gasteiger partial charge in [-0.05, 0) is 89.9 Å². The molecule has 0 N–H and O–H groups in total. The molecule has 83 heavy (non-hydrogen) atoms. The molecule has 0 spiro atoms. The molecule has 2 atom stereocenters. The number of carboxylic acid groups (broad SMARTS) is 1. The van der Waals surface area contributed by atoms with Crippen molar-refractivity contribution in [3.8, 4) is 0 Å². The lowest BCUT2D eigenvalue weighted by molar-refractivity contribution is -0.870. The number of carboxylic acids is 1. The van der Waals surface area contributed by atoms with Crippen molar-refractivity contribution in [3.05, 3.63) is 85.1 Å². The van der Waals surface area contributed by atoms with Crippen molar-refractivity contribution in [2.24, 2.45) is 0 Å². The Bertz CT molecular complexity index is 1640. The molecule has 0 aliphatic rings. The van der Waals surface area contributed by atoms with Gasteiger partial charge in [0.25, 0.3) is 0 Å². The maximum absolute atomic E-state index is 12.9. The minimum atomic E-state index is -1.62. The molecule has 0 amide bonds. The van der Waals surface area contributed by atoms with Gasteiger partial charge in [-0.15, -0.1) is 0 Å². The van der Waals surface area contributed by atoms with Crippen LogP contribution >= 0.6 is 0 Å². The van der Waals surface area contributed by atoms with Gasteiger partial charge < -0.3 is 33.3 Å². The normalized spacial score (nSPS) is 13.2. The highest BCUT2D eigenvalue weighted by Gasteiger charge is 2.22. The maximum atomic E-state index is 12.9. The standard InChI is InChI=1S/C74H131NO8/c1-6-8-10-12-14-16-18-20-22-24-26-28-30-32-33-34-35-36-37-38-39-41-43-45-47-49-51-53-55-57-59-61-63-65-72(77)83-70(69-82-74(73(78)79)80-67-66-75(3,4)5)68-81-71(76)64-62-60-58-56-54-52-50-48-46-44-42-40-31-29-27-25-23-21-19-17-15-13-11-9-7-2/h8,10,14,16,19-22,25-28,31,40,70,74H,6-7,9,11-13,15,17-18,23-24,29-30,32-39,41-69H2,1-5H3/b10-8-,16-14-,21-19-,22-20-,27-25-,28-26-,40-31-. The molecule has 0 saturated heterocycles. The topological polar surface area (TPSA) is 111 Å². The first kappa shape index (κ1) is 79.5. The molecule has 0 radical (unpaired) electrons. The summed E-state index contributed by atoms with van der Waals surface area (Å²) in [6, 6.07) is 0. The lowest BCUT2D eigenvalue weighted by atomic mass is 10.0. The zero-order chi connectivity index (χ0) is 60.5. The predicted molar refractivity (Wildman–Crippen MR) is 352 cm³/mol. The van der Waals surface area contributed by atoms with Gasteiger partial charge in [0.1, 0.15) is 13.2 Å². The number of esters is 2. The highest BCUT2D eigenvalue weighted by atomic mass is 16.7. The molecule has 0 aliphatic heterocycles. The van der Waals surface area contributed by atoms with Gasteiger partial charge in [-0.25, -0.2) is 0 Å². The number of allylic oxidation sites excluding steroid dienone is 14. The lowest BCUT2D eigenvalue weighted by Gasteiger charge is -2.26. The average molecular weight is 1160 g/mol. The number of aliphatic carboxylic acids is 1. The number of ether oxygens (including phenoxy) is 4. The first-order valence-electron chi connectivity index (χ1n) is 34.7. The highest BCUT2D eigenvalue weighted by molar-refractivity contribution is 5.70. The Balaban J connectivity index is 4.10. The predicted octanol–water partition coefficient (Wildman–Crippen LogP) is 20.1. The van der Waals surface area contributed by atoms with E-state index in [0.717, 1.165) is 70.6 Å². The molecule has 0 saturated carbocycles. The summed E-state index contributed by atoms with van der Waals surface area (Å²) in [5.74, 6) is -2.27. The second-order valence-corrected chi connectivity index (χ2v) is 24.4. The van der Waals surface area contributed by atoms with E-state index in [4.69, 9.17) is 18.9 Å². The Morgan fingerprint density at radius 3 is 1.02 bits per heavy atom. The molecule has 0 aromatic carbocycles. The Labute approximate surface area is 512 Å². The Morgan fingerprint density at radius 2 is 0.687 bits per heavy atom. The van der Waals surface area contributed by atoms with Crippen molar-refractivity contribution in [1.82, 2.24) is 0 Å². The molecule has 9 heteroatoms. The van der Waals surface area contributed by atoms with E-state index in [1.165, 1.54) is 205 Å². The Hall–Kier alpha value is -3.53. The monoisotopic (exact) mass is 1160 g/mol. The molecular formula is C74H131NO8. The van der Waals surface area contributed by atoms with Crippen molar-refractivity contribution in [2.45, 2.75) is 322 Å². The van der Waals surface area contributed by atoms with Gasteiger partial charge in [0.05, 0.1) is 40.3 Å². The second kappa shape index (κ2) is 64.5. The van der Waals surface area contributed by atoms with Gasteiger partial charge in [-0.3, -0.25) is 9.59 Å². The Morgan fingerprint density at radius 1 is 0.373 bits per heavy atom. The molecule has 0 aliphatic carbocycles. The van der Waals surface area contributed by atoms with Gasteiger partial charge in [0.2, 0.25) is 0 Å². The van der Waals surface area contributed by atoms with Gasteiger partial charge in [0.15, 0.2) is 12.4 Å². The molecular weight excluding hydrogens is 1030 g/mol. The number of nitrogens with zero attached hydrogens (tertiary/aromatic N) is 1. The molecule has 0 fully saturated rings. The summed E-state index contributed by atoms with van der Waals surface area (Å²) < 4.78 is 22.8. The molecule has 0 aromatic rings. The first-order valence-corrected chi connectivity index (χ1v) is 34.7. The van der Waals surface area contributed by atoms with E-state index >= 15 is 0 Å². The molecule has 0 rings (SSSR count). The summed E-state index contributed by atoms with van der Waals surface area (Å²) in [7, 11) is 5.93. The largest absolute Gasteiger partial charge is 0.545 e. The lowest BCUT2D eigenvalue weighted by Crippen LogP contribution is -2.44. The van der Waals surface area contributed by atoms with E-state index in [2.05, 4.69) is 98.9 Å². The van der Waals surface area contributed by atoms with Crippen molar-refractivity contribution >= 4 is 17.9 Å². The highest BCUT2D eigenvalue weighted by Crippen LogP contribution is 2.18. The third kappa shape index (κ3) is 65.9. The molecule has 0 heterocycles. The van der Waals surface area contributed by atoms with Crippen LogP contribution in [0.3, 0.4) is 0 Å². The smallest absolute Gasteiger partial charge is 0.306 e. The van der Waals surface area contributed by atoms with E-state index in [1.807, 2.05) is 21.1 Å². The zero-order valence-corrected chi connectivity index (χ0v) is 54.8. The van der Waals surface area contributed by atoms with Crippen LogP contribution in [0.15, 0.2) is 85.1 Å². The Kier molecular flexibility index (Phi) is 61.7. The van der Waals surface area contributed by atoms with E-state index in [0.29, 0.717) is 17.4 Å².